The molecule has 0 aliphatic heterocycles. The molecule has 0 saturated carbocycles. The number of nitrogens with zero attached hydrogens (tertiary/aromatic N) is 1. The van der Waals surface area contributed by atoms with Crippen molar-refractivity contribution < 1.29 is 26.4 Å². The van der Waals surface area contributed by atoms with Gasteiger partial charge in [0.1, 0.15) is 5.75 Å². The van der Waals surface area contributed by atoms with Crippen molar-refractivity contribution in [3.63, 3.8) is 0 Å². The van der Waals surface area contributed by atoms with Gasteiger partial charge in [-0.25, -0.2) is 16.8 Å². The molecule has 0 radical (unpaired) electrons. The lowest BCUT2D eigenvalue weighted by atomic mass is 10.3. The molecule has 0 bridgehead atoms. The Morgan fingerprint density at radius 1 is 0.969 bits per heavy atom. The fraction of sp³-hybridized carbons (Fsp3) is 0.381. The van der Waals surface area contributed by atoms with E-state index in [2.05, 4.69) is 10.0 Å². The Hall–Kier alpha value is -2.63. The van der Waals surface area contributed by atoms with Crippen LogP contribution in [0.25, 0.3) is 0 Å². The molecule has 32 heavy (non-hydrogen) atoms. The molecule has 9 nitrogen and oxygen atoms in total. The first-order valence-corrected chi connectivity index (χ1v) is 13.0. The van der Waals surface area contributed by atoms with Gasteiger partial charge in [-0.05, 0) is 56.3 Å². The Bertz CT molecular complexity index is 1160. The number of rotatable bonds is 10. The predicted molar refractivity (Wildman–Crippen MR) is 124 cm³/mol. The van der Waals surface area contributed by atoms with Crippen LogP contribution < -0.4 is 14.8 Å². The van der Waals surface area contributed by atoms with E-state index >= 15 is 0 Å². The van der Waals surface area contributed by atoms with Gasteiger partial charge in [-0.15, -0.1) is 0 Å². The van der Waals surface area contributed by atoms with Crippen LogP contribution in [0.4, 0.5) is 11.4 Å². The van der Waals surface area contributed by atoms with Gasteiger partial charge in [-0.2, -0.15) is 4.31 Å². The van der Waals surface area contributed by atoms with E-state index in [0.717, 1.165) is 0 Å². The average molecular weight is 484 g/mol. The molecule has 0 unspecified atom stereocenters. The van der Waals surface area contributed by atoms with E-state index in [1.807, 2.05) is 0 Å². The normalized spacial score (nSPS) is 12.1. The Balaban J connectivity index is 2.48. The van der Waals surface area contributed by atoms with Gasteiger partial charge >= 0.3 is 0 Å². The van der Waals surface area contributed by atoms with Gasteiger partial charge in [-0.3, -0.25) is 9.52 Å². The van der Waals surface area contributed by atoms with E-state index in [4.69, 9.17) is 4.74 Å². The van der Waals surface area contributed by atoms with E-state index in [9.17, 15) is 21.6 Å². The SMILES string of the molecule is CCN(CC)S(=O)(=O)c1ccc(OC(C)C)c(NS(=O)(=O)c2ccc(NC(C)=O)cc2)c1. The average Bonchev–Trinajstić information content (AvgIpc) is 2.69. The van der Waals surface area contributed by atoms with Crippen molar-refractivity contribution in [3.8, 4) is 5.75 Å². The van der Waals surface area contributed by atoms with Crippen LogP contribution in [-0.2, 0) is 24.8 Å². The van der Waals surface area contributed by atoms with Gasteiger partial charge in [0, 0.05) is 25.7 Å². The summed E-state index contributed by atoms with van der Waals surface area (Å²) in [6.45, 7) is 8.92. The second-order valence-corrected chi connectivity index (χ2v) is 10.8. The van der Waals surface area contributed by atoms with Gasteiger partial charge in [-0.1, -0.05) is 13.8 Å². The fourth-order valence-electron chi connectivity index (χ4n) is 2.94. The van der Waals surface area contributed by atoms with Crippen molar-refractivity contribution in [1.82, 2.24) is 4.31 Å². The highest BCUT2D eigenvalue weighted by molar-refractivity contribution is 7.92. The van der Waals surface area contributed by atoms with Crippen molar-refractivity contribution >= 4 is 37.3 Å². The van der Waals surface area contributed by atoms with Crippen molar-refractivity contribution in [2.24, 2.45) is 0 Å². The van der Waals surface area contributed by atoms with Crippen LogP contribution in [-0.4, -0.2) is 46.2 Å². The zero-order chi connectivity index (χ0) is 24.1. The summed E-state index contributed by atoms with van der Waals surface area (Å²) in [5.41, 5.74) is 0.463. The maximum Gasteiger partial charge on any atom is 0.262 e. The highest BCUT2D eigenvalue weighted by Crippen LogP contribution is 2.32. The molecular formula is C21H29N3O6S2. The van der Waals surface area contributed by atoms with Crippen LogP contribution in [0.15, 0.2) is 52.3 Å². The second kappa shape index (κ2) is 10.3. The molecule has 0 aliphatic rings. The monoisotopic (exact) mass is 483 g/mol. The lowest BCUT2D eigenvalue weighted by Gasteiger charge is -2.21. The minimum atomic E-state index is -4.06. The molecule has 1 amide bonds. The minimum absolute atomic E-state index is 0.0119. The molecule has 11 heteroatoms. The largest absolute Gasteiger partial charge is 0.489 e. The van der Waals surface area contributed by atoms with Crippen LogP contribution >= 0.6 is 0 Å². The van der Waals surface area contributed by atoms with Crippen LogP contribution in [0.2, 0.25) is 0 Å². The molecule has 2 aromatic rings. The summed E-state index contributed by atoms with van der Waals surface area (Å²) in [6.07, 6.45) is -0.263. The van der Waals surface area contributed by atoms with Gasteiger partial charge in [0.05, 0.1) is 21.6 Å². The van der Waals surface area contributed by atoms with Crippen LogP contribution in [0.1, 0.15) is 34.6 Å². The van der Waals surface area contributed by atoms with Crippen LogP contribution in [0.5, 0.6) is 5.75 Å². The summed E-state index contributed by atoms with van der Waals surface area (Å²) in [7, 11) is -7.87. The number of hydrogen-bond acceptors (Lipinski definition) is 6. The van der Waals surface area contributed by atoms with E-state index in [0.29, 0.717) is 5.69 Å². The van der Waals surface area contributed by atoms with E-state index in [1.165, 1.54) is 53.7 Å². The van der Waals surface area contributed by atoms with Crippen molar-refractivity contribution in [1.29, 1.82) is 0 Å². The number of sulfonamides is 2. The van der Waals surface area contributed by atoms with Gasteiger partial charge in [0.15, 0.2) is 0 Å². The number of ether oxygens (including phenoxy) is 1. The molecule has 0 heterocycles. The topological polar surface area (TPSA) is 122 Å². The molecule has 176 valence electrons. The maximum absolute atomic E-state index is 13.0. The van der Waals surface area contributed by atoms with Crippen molar-refractivity contribution in [3.05, 3.63) is 42.5 Å². The highest BCUT2D eigenvalue weighted by Gasteiger charge is 2.25. The predicted octanol–water partition coefficient (Wildman–Crippen LogP) is 3.26. The summed E-state index contributed by atoms with van der Waals surface area (Å²) in [5, 5.41) is 2.56. The number of anilines is 2. The molecule has 2 rings (SSSR count). The van der Waals surface area contributed by atoms with Gasteiger partial charge in [0.2, 0.25) is 15.9 Å². The third-order valence-electron chi connectivity index (χ3n) is 4.39. The zero-order valence-electron chi connectivity index (χ0n) is 18.7. The number of benzene rings is 2. The first-order chi connectivity index (χ1) is 14.9. The Labute approximate surface area is 189 Å². The highest BCUT2D eigenvalue weighted by atomic mass is 32.2. The number of nitrogens with one attached hydrogen (secondary N) is 2. The molecular weight excluding hydrogens is 454 g/mol. The molecule has 0 atom stereocenters. The summed E-state index contributed by atoms with van der Waals surface area (Å²) in [5.74, 6) is -0.0719. The maximum atomic E-state index is 13.0. The quantitative estimate of drug-likeness (QED) is 0.535. The molecule has 2 N–H and O–H groups in total. The molecule has 0 spiro atoms. The van der Waals surface area contributed by atoms with Crippen molar-refractivity contribution in [2.45, 2.75) is 50.5 Å². The Morgan fingerprint density at radius 2 is 1.53 bits per heavy atom. The third-order valence-corrected chi connectivity index (χ3v) is 7.81. The first-order valence-electron chi connectivity index (χ1n) is 10.1. The van der Waals surface area contributed by atoms with Crippen molar-refractivity contribution in [2.75, 3.05) is 23.1 Å². The number of hydrogen-bond donors (Lipinski definition) is 2. The molecule has 0 fully saturated rings. The number of carbonyl (C=O) groups excluding carboxylic acids is 1. The van der Waals surface area contributed by atoms with Crippen LogP contribution in [0.3, 0.4) is 0 Å². The number of carbonyl (C=O) groups is 1. The zero-order valence-corrected chi connectivity index (χ0v) is 20.4. The van der Waals surface area contributed by atoms with E-state index in [1.54, 1.807) is 27.7 Å². The van der Waals surface area contributed by atoms with Gasteiger partial charge < -0.3 is 10.1 Å². The lowest BCUT2D eigenvalue weighted by molar-refractivity contribution is -0.114. The molecule has 2 aromatic carbocycles. The summed E-state index contributed by atoms with van der Waals surface area (Å²) in [6, 6.07) is 9.69. The van der Waals surface area contributed by atoms with Gasteiger partial charge in [0.25, 0.3) is 10.0 Å². The molecule has 0 aliphatic carbocycles. The van der Waals surface area contributed by atoms with Crippen LogP contribution in [0, 0.1) is 0 Å². The fourth-order valence-corrected chi connectivity index (χ4v) is 5.49. The summed E-state index contributed by atoms with van der Waals surface area (Å²) >= 11 is 0. The minimum Gasteiger partial charge on any atom is -0.489 e. The smallest absolute Gasteiger partial charge is 0.262 e. The second-order valence-electron chi connectivity index (χ2n) is 7.22. The standard InChI is InChI=1S/C21H29N3O6S2/c1-6-24(7-2)32(28,29)19-12-13-21(30-15(3)4)20(14-19)23-31(26,27)18-10-8-17(9-11-18)22-16(5)25/h8-15,23H,6-7H2,1-5H3,(H,22,25). The first kappa shape index (κ1) is 25.6. The summed E-state index contributed by atoms with van der Waals surface area (Å²) in [4.78, 5) is 11.1. The van der Waals surface area contributed by atoms with E-state index in [-0.39, 0.29) is 46.3 Å². The lowest BCUT2D eigenvalue weighted by Crippen LogP contribution is -2.30. The Kier molecular flexibility index (Phi) is 8.27. The third kappa shape index (κ3) is 6.21. The molecule has 0 saturated heterocycles. The Morgan fingerprint density at radius 3 is 2.03 bits per heavy atom. The van der Waals surface area contributed by atoms with E-state index < -0.39 is 20.0 Å². The molecule has 0 aromatic heterocycles. The number of amides is 1. The summed E-state index contributed by atoms with van der Waals surface area (Å²) < 4.78 is 61.2.